The molecule has 1 aromatic carbocycles. The Morgan fingerprint density at radius 1 is 1.39 bits per heavy atom. The Hall–Kier alpha value is -0.640. The van der Waals surface area contributed by atoms with E-state index in [-0.39, 0.29) is 23.4 Å². The summed E-state index contributed by atoms with van der Waals surface area (Å²) in [6.07, 6.45) is 0.378. The number of methoxy groups -OCH3 is 1. The number of benzene rings is 1. The fourth-order valence-electron chi connectivity index (χ4n) is 2.23. The van der Waals surface area contributed by atoms with Gasteiger partial charge in [-0.2, -0.15) is 0 Å². The molecule has 0 aromatic heterocycles. The molecule has 0 saturated heterocycles. The third-order valence-electron chi connectivity index (χ3n) is 2.96. The second kappa shape index (κ2) is 6.00. The molecule has 0 aliphatic carbocycles. The topological polar surface area (TPSA) is 35.2 Å². The van der Waals surface area contributed by atoms with Gasteiger partial charge in [-0.15, -0.1) is 0 Å². The monoisotopic (exact) mass is 273 g/mol. The van der Waals surface area contributed by atoms with Crippen LogP contribution in [0.15, 0.2) is 18.2 Å². The van der Waals surface area contributed by atoms with Gasteiger partial charge >= 0.3 is 0 Å². The summed E-state index contributed by atoms with van der Waals surface area (Å²) in [5.74, 6) is -0.300. The van der Waals surface area contributed by atoms with Crippen molar-refractivity contribution >= 4 is 11.6 Å². The van der Waals surface area contributed by atoms with Gasteiger partial charge in [0.2, 0.25) is 0 Å². The summed E-state index contributed by atoms with van der Waals surface area (Å²) in [6.45, 7) is 6.19. The molecule has 1 aromatic rings. The Balaban J connectivity index is 2.86. The van der Waals surface area contributed by atoms with Crippen molar-refractivity contribution in [1.29, 1.82) is 0 Å². The molecule has 0 saturated carbocycles. The molecule has 0 aliphatic rings. The van der Waals surface area contributed by atoms with Crippen molar-refractivity contribution < 1.29 is 9.13 Å². The molecule has 2 atom stereocenters. The van der Waals surface area contributed by atoms with Crippen molar-refractivity contribution in [3.05, 3.63) is 34.6 Å². The Labute approximate surface area is 113 Å². The highest BCUT2D eigenvalue weighted by molar-refractivity contribution is 6.31. The van der Waals surface area contributed by atoms with Crippen molar-refractivity contribution in [2.24, 2.45) is 11.1 Å². The molecule has 18 heavy (non-hydrogen) atoms. The number of hydrogen-bond acceptors (Lipinski definition) is 2. The van der Waals surface area contributed by atoms with Gasteiger partial charge in [0.1, 0.15) is 5.82 Å². The van der Waals surface area contributed by atoms with Crippen LogP contribution in [0, 0.1) is 11.2 Å². The van der Waals surface area contributed by atoms with Crippen LogP contribution >= 0.6 is 11.6 Å². The van der Waals surface area contributed by atoms with E-state index in [1.165, 1.54) is 12.1 Å². The largest absolute Gasteiger partial charge is 0.379 e. The van der Waals surface area contributed by atoms with Crippen molar-refractivity contribution in [3.63, 3.8) is 0 Å². The molecule has 2 N–H and O–H groups in total. The first kappa shape index (κ1) is 15.4. The van der Waals surface area contributed by atoms with Gasteiger partial charge in [0.25, 0.3) is 0 Å². The lowest BCUT2D eigenvalue weighted by Crippen LogP contribution is -2.46. The van der Waals surface area contributed by atoms with E-state index in [0.717, 1.165) is 5.56 Å². The number of halogens is 2. The zero-order valence-electron chi connectivity index (χ0n) is 11.3. The normalized spacial score (nSPS) is 15.5. The molecule has 0 amide bonds. The van der Waals surface area contributed by atoms with E-state index < -0.39 is 0 Å². The van der Waals surface area contributed by atoms with Gasteiger partial charge in [0.05, 0.1) is 6.10 Å². The maximum absolute atomic E-state index is 13.2. The van der Waals surface area contributed by atoms with Crippen molar-refractivity contribution in [2.45, 2.75) is 39.3 Å². The molecular formula is C14H21ClFNO. The minimum atomic E-state index is -0.300. The number of hydrogen-bond donors (Lipinski definition) is 1. The van der Waals surface area contributed by atoms with Gasteiger partial charge in [-0.3, -0.25) is 0 Å². The van der Waals surface area contributed by atoms with Gasteiger partial charge in [-0.25, -0.2) is 4.39 Å². The molecule has 0 bridgehead atoms. The minimum Gasteiger partial charge on any atom is -0.379 e. The quantitative estimate of drug-likeness (QED) is 0.912. The van der Waals surface area contributed by atoms with Gasteiger partial charge in [-0.1, -0.05) is 32.4 Å². The van der Waals surface area contributed by atoms with E-state index in [0.29, 0.717) is 11.4 Å². The molecule has 2 nitrogen and oxygen atoms in total. The van der Waals surface area contributed by atoms with Crippen LogP contribution in [0.25, 0.3) is 0 Å². The fraction of sp³-hybridized carbons (Fsp3) is 0.571. The van der Waals surface area contributed by atoms with Crippen molar-refractivity contribution in [2.75, 3.05) is 7.11 Å². The summed E-state index contributed by atoms with van der Waals surface area (Å²) in [5.41, 5.74) is 6.80. The maximum atomic E-state index is 13.2. The fourth-order valence-corrected chi connectivity index (χ4v) is 2.43. The summed E-state index contributed by atoms with van der Waals surface area (Å²) < 4.78 is 18.6. The first-order valence-corrected chi connectivity index (χ1v) is 6.36. The average Bonchev–Trinajstić information content (AvgIpc) is 2.22. The van der Waals surface area contributed by atoms with Gasteiger partial charge < -0.3 is 10.5 Å². The van der Waals surface area contributed by atoms with E-state index in [1.807, 2.05) is 0 Å². The second-order valence-electron chi connectivity index (χ2n) is 5.63. The highest BCUT2D eigenvalue weighted by Crippen LogP contribution is 2.27. The lowest BCUT2D eigenvalue weighted by molar-refractivity contribution is -0.00166. The Morgan fingerprint density at radius 2 is 2.00 bits per heavy atom. The minimum absolute atomic E-state index is 0.0754. The standard InChI is InChI=1S/C14H21ClFNO/c1-14(2,3)13(18-4)12(17)8-9-7-10(16)5-6-11(9)15/h5-7,12-13H,8,17H2,1-4H3. The molecule has 1 rings (SSSR count). The maximum Gasteiger partial charge on any atom is 0.123 e. The Morgan fingerprint density at radius 3 is 2.50 bits per heavy atom. The van der Waals surface area contributed by atoms with E-state index in [4.69, 9.17) is 22.1 Å². The van der Waals surface area contributed by atoms with Crippen molar-refractivity contribution in [1.82, 2.24) is 0 Å². The van der Waals surface area contributed by atoms with Crippen LogP contribution in [0.4, 0.5) is 4.39 Å². The molecule has 0 aliphatic heterocycles. The molecule has 0 spiro atoms. The summed E-state index contributed by atoms with van der Waals surface area (Å²) in [6, 6.07) is 4.10. The second-order valence-corrected chi connectivity index (χ2v) is 6.03. The van der Waals surface area contributed by atoms with Gasteiger partial charge in [-0.05, 0) is 35.6 Å². The van der Waals surface area contributed by atoms with Crippen LogP contribution in [0.3, 0.4) is 0 Å². The summed E-state index contributed by atoms with van der Waals surface area (Å²) in [5, 5.41) is 0.538. The molecule has 0 heterocycles. The summed E-state index contributed by atoms with van der Waals surface area (Å²) in [7, 11) is 1.64. The third-order valence-corrected chi connectivity index (χ3v) is 3.33. The molecule has 0 radical (unpaired) electrons. The first-order valence-electron chi connectivity index (χ1n) is 5.98. The number of rotatable bonds is 4. The first-order chi connectivity index (χ1) is 8.25. The lowest BCUT2D eigenvalue weighted by Gasteiger charge is -2.34. The van der Waals surface area contributed by atoms with Crippen LogP contribution in [-0.4, -0.2) is 19.3 Å². The molecule has 102 valence electrons. The molecular weight excluding hydrogens is 253 g/mol. The van der Waals surface area contributed by atoms with E-state index in [1.54, 1.807) is 13.2 Å². The van der Waals surface area contributed by atoms with Crippen LogP contribution in [0.1, 0.15) is 26.3 Å². The number of ether oxygens (including phenoxy) is 1. The third kappa shape index (κ3) is 3.94. The lowest BCUT2D eigenvalue weighted by atomic mass is 9.83. The predicted molar refractivity (Wildman–Crippen MR) is 73.3 cm³/mol. The van der Waals surface area contributed by atoms with Crippen LogP contribution in [-0.2, 0) is 11.2 Å². The van der Waals surface area contributed by atoms with Crippen LogP contribution < -0.4 is 5.73 Å². The van der Waals surface area contributed by atoms with E-state index in [9.17, 15) is 4.39 Å². The van der Waals surface area contributed by atoms with Crippen molar-refractivity contribution in [3.8, 4) is 0 Å². The molecule has 0 fully saturated rings. The Bertz CT molecular complexity index is 403. The molecule has 2 unspecified atom stereocenters. The van der Waals surface area contributed by atoms with Crippen LogP contribution in [0.2, 0.25) is 5.02 Å². The average molecular weight is 274 g/mol. The number of nitrogens with two attached hydrogens (primary N) is 1. The summed E-state index contributed by atoms with van der Waals surface area (Å²) >= 11 is 6.04. The smallest absolute Gasteiger partial charge is 0.123 e. The predicted octanol–water partition coefficient (Wildman–Crippen LogP) is 3.41. The molecule has 4 heteroatoms. The van der Waals surface area contributed by atoms with Gasteiger partial charge in [0.15, 0.2) is 0 Å². The highest BCUT2D eigenvalue weighted by atomic mass is 35.5. The zero-order valence-corrected chi connectivity index (χ0v) is 12.1. The van der Waals surface area contributed by atoms with Crippen LogP contribution in [0.5, 0.6) is 0 Å². The summed E-state index contributed by atoms with van der Waals surface area (Å²) in [4.78, 5) is 0. The van der Waals surface area contributed by atoms with E-state index >= 15 is 0 Å². The van der Waals surface area contributed by atoms with Gasteiger partial charge in [0, 0.05) is 18.2 Å². The Kier molecular flexibility index (Phi) is 5.14. The van der Waals surface area contributed by atoms with E-state index in [2.05, 4.69) is 20.8 Å². The highest BCUT2D eigenvalue weighted by Gasteiger charge is 2.30. The zero-order chi connectivity index (χ0) is 13.9. The SMILES string of the molecule is COC(C(N)Cc1cc(F)ccc1Cl)C(C)(C)C.